The highest BCUT2D eigenvalue weighted by atomic mass is 16.3. The fourth-order valence-electron chi connectivity index (χ4n) is 1.70. The summed E-state index contributed by atoms with van der Waals surface area (Å²) in [7, 11) is 0. The number of hydrogen-bond donors (Lipinski definition) is 2. The molecule has 1 fully saturated rings. The lowest BCUT2D eigenvalue weighted by Crippen LogP contribution is -2.06. The van der Waals surface area contributed by atoms with Crippen LogP contribution < -0.4 is 0 Å². The van der Waals surface area contributed by atoms with Gasteiger partial charge in [0.1, 0.15) is 0 Å². The molecule has 0 spiro atoms. The van der Waals surface area contributed by atoms with E-state index >= 15 is 0 Å². The van der Waals surface area contributed by atoms with Crippen molar-refractivity contribution in [2.75, 3.05) is 0 Å². The first-order chi connectivity index (χ1) is 6.60. The molecule has 0 saturated heterocycles. The summed E-state index contributed by atoms with van der Waals surface area (Å²) in [6, 6.07) is 7.89. The lowest BCUT2D eigenvalue weighted by Gasteiger charge is -2.09. The Labute approximate surface area is 84.2 Å². The molecule has 14 heavy (non-hydrogen) atoms. The van der Waals surface area contributed by atoms with Gasteiger partial charge in [0.25, 0.3) is 0 Å². The molecule has 2 rings (SSSR count). The fourth-order valence-corrected chi connectivity index (χ4v) is 1.70. The third-order valence-corrected chi connectivity index (χ3v) is 2.75. The standard InChI is InChI=1S/C12H16O2/c1-9(13)8-10-2-4-11(5-3-10)12(14)6-7-12/h2-5,9,13-14H,6-8H2,1H3. The lowest BCUT2D eigenvalue weighted by atomic mass is 10.0. The van der Waals surface area contributed by atoms with E-state index in [2.05, 4.69) is 0 Å². The summed E-state index contributed by atoms with van der Waals surface area (Å²) in [5, 5.41) is 19.0. The highest BCUT2D eigenvalue weighted by Gasteiger charge is 2.41. The average Bonchev–Trinajstić information content (AvgIpc) is 2.85. The molecule has 0 amide bonds. The lowest BCUT2D eigenvalue weighted by molar-refractivity contribution is 0.151. The van der Waals surface area contributed by atoms with Crippen LogP contribution in [0.1, 0.15) is 30.9 Å². The largest absolute Gasteiger partial charge is 0.393 e. The van der Waals surface area contributed by atoms with E-state index in [-0.39, 0.29) is 6.10 Å². The van der Waals surface area contributed by atoms with Gasteiger partial charge in [-0.05, 0) is 37.3 Å². The van der Waals surface area contributed by atoms with Crippen LogP contribution in [0.15, 0.2) is 24.3 Å². The SMILES string of the molecule is CC(O)Cc1ccc(C2(O)CC2)cc1. The van der Waals surface area contributed by atoms with E-state index in [1.165, 1.54) is 0 Å². The molecule has 2 heteroatoms. The molecule has 0 aromatic heterocycles. The number of rotatable bonds is 3. The van der Waals surface area contributed by atoms with Gasteiger partial charge in [-0.3, -0.25) is 0 Å². The van der Waals surface area contributed by atoms with Gasteiger partial charge in [0.2, 0.25) is 0 Å². The molecule has 1 aliphatic rings. The van der Waals surface area contributed by atoms with Crippen LogP contribution in [0, 0.1) is 0 Å². The molecule has 76 valence electrons. The second-order valence-electron chi connectivity index (χ2n) is 4.28. The third kappa shape index (κ3) is 1.97. The van der Waals surface area contributed by atoms with Gasteiger partial charge < -0.3 is 10.2 Å². The van der Waals surface area contributed by atoms with E-state index in [1.54, 1.807) is 6.92 Å². The van der Waals surface area contributed by atoms with Crippen molar-refractivity contribution in [2.45, 2.75) is 37.9 Å². The summed E-state index contributed by atoms with van der Waals surface area (Å²) in [5.74, 6) is 0. The van der Waals surface area contributed by atoms with Crippen LogP contribution in [0.5, 0.6) is 0 Å². The quantitative estimate of drug-likeness (QED) is 0.763. The molecule has 0 bridgehead atoms. The first-order valence-corrected chi connectivity index (χ1v) is 5.10. The van der Waals surface area contributed by atoms with Crippen LogP contribution in [0.2, 0.25) is 0 Å². The van der Waals surface area contributed by atoms with Crippen molar-refractivity contribution in [3.63, 3.8) is 0 Å². The minimum atomic E-state index is -0.538. The molecule has 1 saturated carbocycles. The Morgan fingerprint density at radius 2 is 1.86 bits per heavy atom. The van der Waals surface area contributed by atoms with E-state index in [9.17, 15) is 10.2 Å². The Bertz CT molecular complexity index is 310. The molecule has 0 radical (unpaired) electrons. The molecule has 1 aromatic carbocycles. The van der Waals surface area contributed by atoms with Crippen molar-refractivity contribution in [3.05, 3.63) is 35.4 Å². The molecule has 0 aliphatic heterocycles. The van der Waals surface area contributed by atoms with Gasteiger partial charge in [0.15, 0.2) is 0 Å². The zero-order valence-electron chi connectivity index (χ0n) is 8.40. The van der Waals surface area contributed by atoms with Gasteiger partial charge in [-0.1, -0.05) is 24.3 Å². The number of benzene rings is 1. The first-order valence-electron chi connectivity index (χ1n) is 5.10. The highest BCUT2D eigenvalue weighted by molar-refractivity contribution is 5.30. The van der Waals surface area contributed by atoms with E-state index < -0.39 is 5.60 Å². The minimum Gasteiger partial charge on any atom is -0.393 e. The number of hydrogen-bond acceptors (Lipinski definition) is 2. The van der Waals surface area contributed by atoms with Crippen molar-refractivity contribution in [1.82, 2.24) is 0 Å². The summed E-state index contributed by atoms with van der Waals surface area (Å²) >= 11 is 0. The zero-order valence-corrected chi connectivity index (χ0v) is 8.40. The summed E-state index contributed by atoms with van der Waals surface area (Å²) in [5.41, 5.74) is 1.59. The van der Waals surface area contributed by atoms with E-state index in [4.69, 9.17) is 0 Å². The second-order valence-corrected chi connectivity index (χ2v) is 4.28. The van der Waals surface area contributed by atoms with Crippen molar-refractivity contribution in [2.24, 2.45) is 0 Å². The average molecular weight is 192 g/mol. The predicted octanol–water partition coefficient (Wildman–Crippen LogP) is 1.59. The van der Waals surface area contributed by atoms with Gasteiger partial charge in [0, 0.05) is 0 Å². The molecular formula is C12H16O2. The maximum Gasteiger partial charge on any atom is 0.0899 e. The number of aliphatic hydroxyl groups excluding tert-OH is 1. The van der Waals surface area contributed by atoms with Gasteiger partial charge in [-0.15, -0.1) is 0 Å². The molecule has 2 nitrogen and oxygen atoms in total. The second kappa shape index (κ2) is 3.37. The molecule has 2 N–H and O–H groups in total. The molecule has 1 aliphatic carbocycles. The van der Waals surface area contributed by atoms with Gasteiger partial charge >= 0.3 is 0 Å². The smallest absolute Gasteiger partial charge is 0.0899 e. The van der Waals surface area contributed by atoms with E-state index in [1.807, 2.05) is 24.3 Å². The Balaban J connectivity index is 2.10. The van der Waals surface area contributed by atoms with Crippen LogP contribution in [0.4, 0.5) is 0 Å². The molecule has 1 atom stereocenters. The Morgan fingerprint density at radius 1 is 1.29 bits per heavy atom. The van der Waals surface area contributed by atoms with E-state index in [0.717, 1.165) is 24.0 Å². The normalized spacial score (nSPS) is 20.5. The van der Waals surface area contributed by atoms with Crippen molar-refractivity contribution in [3.8, 4) is 0 Å². The highest BCUT2D eigenvalue weighted by Crippen LogP contribution is 2.45. The Kier molecular flexibility index (Phi) is 2.33. The van der Waals surface area contributed by atoms with Crippen molar-refractivity contribution < 1.29 is 10.2 Å². The first kappa shape index (κ1) is 9.69. The predicted molar refractivity (Wildman–Crippen MR) is 55.0 cm³/mol. The minimum absolute atomic E-state index is 0.301. The van der Waals surface area contributed by atoms with Crippen molar-refractivity contribution in [1.29, 1.82) is 0 Å². The molecular weight excluding hydrogens is 176 g/mol. The summed E-state index contributed by atoms with van der Waals surface area (Å²) in [6.45, 7) is 1.78. The molecule has 0 heterocycles. The summed E-state index contributed by atoms with van der Waals surface area (Å²) in [6.07, 6.45) is 2.13. The van der Waals surface area contributed by atoms with Crippen LogP contribution >= 0.6 is 0 Å². The van der Waals surface area contributed by atoms with Crippen LogP contribution in [-0.4, -0.2) is 16.3 Å². The molecule has 1 unspecified atom stereocenters. The maximum absolute atomic E-state index is 9.82. The topological polar surface area (TPSA) is 40.5 Å². The zero-order chi connectivity index (χ0) is 10.2. The van der Waals surface area contributed by atoms with Crippen molar-refractivity contribution >= 4 is 0 Å². The van der Waals surface area contributed by atoms with Crippen LogP contribution in [-0.2, 0) is 12.0 Å². The fraction of sp³-hybridized carbons (Fsp3) is 0.500. The van der Waals surface area contributed by atoms with Gasteiger partial charge in [-0.2, -0.15) is 0 Å². The van der Waals surface area contributed by atoms with Crippen LogP contribution in [0.3, 0.4) is 0 Å². The monoisotopic (exact) mass is 192 g/mol. The van der Waals surface area contributed by atoms with Gasteiger partial charge in [-0.25, -0.2) is 0 Å². The maximum atomic E-state index is 9.82. The van der Waals surface area contributed by atoms with E-state index in [0.29, 0.717) is 6.42 Å². The van der Waals surface area contributed by atoms with Crippen LogP contribution in [0.25, 0.3) is 0 Å². The third-order valence-electron chi connectivity index (χ3n) is 2.75. The summed E-state index contributed by atoms with van der Waals surface area (Å²) < 4.78 is 0. The Morgan fingerprint density at radius 3 is 2.29 bits per heavy atom. The summed E-state index contributed by atoms with van der Waals surface area (Å²) in [4.78, 5) is 0. The number of aliphatic hydroxyl groups is 2. The van der Waals surface area contributed by atoms with Gasteiger partial charge in [0.05, 0.1) is 11.7 Å². The Hall–Kier alpha value is -0.860. The molecule has 1 aromatic rings.